The molecule has 0 saturated carbocycles. The van der Waals surface area contributed by atoms with Gasteiger partial charge in [-0.15, -0.1) is 68.0 Å². The van der Waals surface area contributed by atoms with Crippen LogP contribution < -0.4 is 9.80 Å². The summed E-state index contributed by atoms with van der Waals surface area (Å²) in [6.07, 6.45) is 0. The van der Waals surface area contributed by atoms with Crippen LogP contribution in [0, 0.1) is 90.6 Å². The Hall–Kier alpha value is -12.0. The van der Waals surface area contributed by atoms with Gasteiger partial charge in [0.05, 0.1) is 0 Å². The molecule has 0 aliphatic rings. The Balaban J connectivity index is 0.777. The van der Waals surface area contributed by atoms with Crippen LogP contribution in [0.1, 0.15) is 20.9 Å². The van der Waals surface area contributed by atoms with E-state index in [2.05, 4.69) is 82.6 Å². The zero-order valence-corrected chi connectivity index (χ0v) is 52.9. The fourth-order valence-electron chi connectivity index (χ4n) is 10.5. The molecule has 16 heteroatoms. The minimum Gasteiger partial charge on any atom is -0.311 e. The van der Waals surface area contributed by atoms with Gasteiger partial charge in [-0.25, -0.2) is 0 Å². The molecular weight excluding hydrogens is 1250 g/mol. The molecule has 0 N–H and O–H groups in total. The van der Waals surface area contributed by atoms with Crippen LogP contribution in [0.3, 0.4) is 0 Å². The third kappa shape index (κ3) is 12.3. The number of thiophene rings is 6. The summed E-state index contributed by atoms with van der Waals surface area (Å²) >= 11 is 9.38. The van der Waals surface area contributed by atoms with Gasteiger partial charge in [0.1, 0.15) is 70.8 Å². The van der Waals surface area contributed by atoms with Crippen molar-refractivity contribution in [2.45, 2.75) is 0 Å². The number of hydrogen-bond acceptors (Lipinski definition) is 16. The lowest BCUT2D eigenvalue weighted by Gasteiger charge is -2.25. The molecule has 0 spiro atoms. The van der Waals surface area contributed by atoms with Crippen molar-refractivity contribution in [1.82, 2.24) is 0 Å². The van der Waals surface area contributed by atoms with Gasteiger partial charge in [0.25, 0.3) is 0 Å². The van der Waals surface area contributed by atoms with E-state index in [9.17, 15) is 42.1 Å². The van der Waals surface area contributed by atoms with E-state index >= 15 is 0 Å². The molecule has 10 nitrogen and oxygen atoms in total. The molecule has 0 aliphatic heterocycles. The Morgan fingerprint density at radius 1 is 0.207 bits per heavy atom. The molecule has 12 aromatic rings. The maximum Gasteiger partial charge on any atom is 0.138 e. The summed E-state index contributed by atoms with van der Waals surface area (Å²) in [4.78, 5) is 15.5. The van der Waals surface area contributed by atoms with Gasteiger partial charge in [-0.05, 0) is 157 Å². The van der Waals surface area contributed by atoms with E-state index in [4.69, 9.17) is 0 Å². The average molecular weight is 1290 g/mol. The molecule has 0 bridgehead atoms. The topological polar surface area (TPSA) is 197 Å². The van der Waals surface area contributed by atoms with E-state index in [-0.39, 0.29) is 44.6 Å². The Bertz CT molecular complexity index is 4780. The maximum atomic E-state index is 10.4. The van der Waals surface area contributed by atoms with Gasteiger partial charge in [0.15, 0.2) is 0 Å². The van der Waals surface area contributed by atoms with Crippen LogP contribution in [-0.2, 0) is 0 Å². The van der Waals surface area contributed by atoms with Crippen molar-refractivity contribution >= 4 is 124 Å². The van der Waals surface area contributed by atoms with Gasteiger partial charge >= 0.3 is 0 Å². The zero-order chi connectivity index (χ0) is 63.5. The molecule has 0 amide bonds. The number of anilines is 6. The van der Waals surface area contributed by atoms with Crippen molar-refractivity contribution in [3.05, 3.63) is 286 Å². The molecule has 6 aromatic carbocycles. The highest BCUT2D eigenvalue weighted by atomic mass is 32.1. The number of rotatable bonds is 17. The molecule has 0 unspecified atom stereocenters. The van der Waals surface area contributed by atoms with Crippen molar-refractivity contribution in [2.75, 3.05) is 9.80 Å². The van der Waals surface area contributed by atoms with Crippen LogP contribution >= 0.6 is 68.0 Å². The number of allylic oxidation sites excluding steroid dienone is 8. The van der Waals surface area contributed by atoms with Crippen LogP contribution in [0.15, 0.2) is 265 Å². The van der Waals surface area contributed by atoms with Gasteiger partial charge in [0, 0.05) is 115 Å². The fraction of sp³-hybridized carbons (Fsp3) is 0. The molecule has 0 saturated heterocycles. The van der Waals surface area contributed by atoms with Crippen LogP contribution in [0.5, 0.6) is 0 Å². The molecule has 0 radical (unpaired) electrons. The molecule has 0 atom stereocenters. The standard InChI is InChI=1S/C76H40N10S6/c77-41-51(42-78)73(49-21-25-59(26-22-49)85(55-13-5-1-6-14-55)56-15-7-2-8-16-56)75(53(45-81)46-82)71-39-37-69(91-71)67-35-33-65(89-67)63-31-29-61(87-63)62-30-32-64(88-62)66-34-36-68(90-66)70-38-40-72(92-70)76(54(47-83)48-84)74(52(43-79)44-80)50-23-27-60(28-24-50)86(57-17-9-3-10-18-57)58-19-11-4-12-20-58/h1-40H. The monoisotopic (exact) mass is 1280 g/mol. The highest BCUT2D eigenvalue weighted by molar-refractivity contribution is 7.30. The number of hydrogen-bond donors (Lipinski definition) is 0. The Morgan fingerprint density at radius 2 is 0.402 bits per heavy atom. The van der Waals surface area contributed by atoms with Crippen LogP contribution in [-0.4, -0.2) is 0 Å². The first-order valence-electron chi connectivity index (χ1n) is 28.1. The summed E-state index contributed by atoms with van der Waals surface area (Å²) in [6, 6.07) is 95.2. The first-order chi connectivity index (χ1) is 45.3. The molecule has 430 valence electrons. The SMILES string of the molecule is N#CC(C#N)=C(C(=C(C#N)C#N)c1ccc(-c2ccc(-c3ccc(-c4ccc(-c5ccc(-c6ccc(C(=C(C#N)C#N)C(=C(C#N)C#N)c7ccc(N(c8ccccc8)c8ccccc8)cc7)s6)s5)s4)s3)s2)s1)c1ccc(N(c2ccccc2)c2ccccc2)cc1. The Morgan fingerprint density at radius 3 is 0.630 bits per heavy atom. The fourth-order valence-corrected chi connectivity index (χ4v) is 17.1. The van der Waals surface area contributed by atoms with E-state index < -0.39 is 0 Å². The lowest BCUT2D eigenvalue weighted by Crippen LogP contribution is -2.09. The maximum absolute atomic E-state index is 10.4. The molecule has 6 heterocycles. The van der Waals surface area contributed by atoms with Crippen molar-refractivity contribution in [3.8, 4) is 97.3 Å². The molecule has 0 fully saturated rings. The van der Waals surface area contributed by atoms with E-state index in [1.807, 2.05) is 218 Å². The van der Waals surface area contributed by atoms with Crippen molar-refractivity contribution in [2.24, 2.45) is 0 Å². The summed E-state index contributed by atoms with van der Waals surface area (Å²) in [5.41, 5.74) is 6.33. The number of para-hydroxylation sites is 4. The third-order valence-corrected chi connectivity index (χ3v) is 22.1. The van der Waals surface area contributed by atoms with Crippen LogP contribution in [0.4, 0.5) is 34.1 Å². The largest absolute Gasteiger partial charge is 0.311 e. The average Bonchev–Trinajstić information content (AvgIpc) is 1.66. The van der Waals surface area contributed by atoms with Gasteiger partial charge in [-0.3, -0.25) is 0 Å². The van der Waals surface area contributed by atoms with Gasteiger partial charge in [-0.1, -0.05) is 97.1 Å². The van der Waals surface area contributed by atoms with E-state index in [1.54, 1.807) is 45.3 Å². The van der Waals surface area contributed by atoms with Gasteiger partial charge < -0.3 is 9.80 Å². The highest BCUT2D eigenvalue weighted by Crippen LogP contribution is 2.50. The molecule has 12 rings (SSSR count). The molecule has 6 aromatic heterocycles. The predicted molar refractivity (Wildman–Crippen MR) is 376 cm³/mol. The molecule has 0 aliphatic carbocycles. The second-order valence-electron chi connectivity index (χ2n) is 20.0. The highest BCUT2D eigenvalue weighted by Gasteiger charge is 2.27. The number of nitrogens with zero attached hydrogens (tertiary/aromatic N) is 10. The zero-order valence-electron chi connectivity index (χ0n) is 48.0. The first kappa shape index (κ1) is 60.3. The quantitative estimate of drug-likeness (QED) is 0.0625. The third-order valence-electron chi connectivity index (χ3n) is 14.6. The summed E-state index contributed by atoms with van der Waals surface area (Å²) in [6.45, 7) is 0. The van der Waals surface area contributed by atoms with Gasteiger partial charge in [-0.2, -0.15) is 42.1 Å². The second kappa shape index (κ2) is 27.6. The lowest BCUT2D eigenvalue weighted by atomic mass is 9.89. The normalized spacial score (nSPS) is 10.3. The lowest BCUT2D eigenvalue weighted by molar-refractivity contribution is 1.28. The summed E-state index contributed by atoms with van der Waals surface area (Å²) in [7, 11) is 0. The van der Waals surface area contributed by atoms with Crippen molar-refractivity contribution in [3.63, 3.8) is 0 Å². The van der Waals surface area contributed by atoms with E-state index in [0.717, 1.165) is 82.9 Å². The van der Waals surface area contributed by atoms with Crippen LogP contribution in [0.2, 0.25) is 0 Å². The smallest absolute Gasteiger partial charge is 0.138 e. The minimum atomic E-state index is -0.225. The second-order valence-corrected chi connectivity index (χ2v) is 26.5. The van der Waals surface area contributed by atoms with Crippen molar-refractivity contribution in [1.29, 1.82) is 42.1 Å². The van der Waals surface area contributed by atoms with Gasteiger partial charge in [0.2, 0.25) is 0 Å². The first-order valence-corrected chi connectivity index (χ1v) is 33.0. The summed E-state index contributed by atoms with van der Waals surface area (Å²) in [5.74, 6) is 0. The summed E-state index contributed by atoms with van der Waals surface area (Å²) < 4.78 is 0. The predicted octanol–water partition coefficient (Wildman–Crippen LogP) is 21.9. The van der Waals surface area contributed by atoms with Crippen molar-refractivity contribution < 1.29 is 0 Å². The molecular formula is C76H40N10S6. The van der Waals surface area contributed by atoms with E-state index in [1.165, 1.54) is 22.7 Å². The summed E-state index contributed by atoms with van der Waals surface area (Å²) in [5, 5.41) is 83.2. The number of benzene rings is 6. The minimum absolute atomic E-state index is 0.201. The number of nitriles is 8. The Labute approximate surface area is 555 Å². The molecule has 92 heavy (non-hydrogen) atoms. The van der Waals surface area contributed by atoms with Crippen LogP contribution in [0.25, 0.3) is 71.1 Å². The Kier molecular flexibility index (Phi) is 18.1. The van der Waals surface area contributed by atoms with E-state index in [0.29, 0.717) is 20.9 Å².